The molecule has 0 aliphatic rings. The molecule has 1 aromatic heterocycles. The van der Waals surface area contributed by atoms with Crippen LogP contribution in [0.4, 0.5) is 17.1 Å². The van der Waals surface area contributed by atoms with Crippen LogP contribution in [0, 0.1) is 0 Å². The number of hydrogen-bond acceptors (Lipinski definition) is 2. The third kappa shape index (κ3) is 6.33. The van der Waals surface area contributed by atoms with Crippen LogP contribution in [0.25, 0.3) is 77.2 Å². The highest BCUT2D eigenvalue weighted by Gasteiger charge is 2.24. The summed E-state index contributed by atoms with van der Waals surface area (Å²) in [6.45, 7) is 6.86. The van der Waals surface area contributed by atoms with Crippen molar-refractivity contribution in [3.05, 3.63) is 212 Å². The van der Waals surface area contributed by atoms with Gasteiger partial charge in [-0.1, -0.05) is 178 Å². The molecule has 0 aliphatic heterocycles. The van der Waals surface area contributed by atoms with Gasteiger partial charge in [-0.25, -0.2) is 0 Å². The largest absolute Gasteiger partial charge is 0.456 e. The fraction of sp³-hybridized carbons (Fsp3) is 0.0714. The minimum absolute atomic E-state index is 0.0236. The first kappa shape index (κ1) is 35.3. The highest BCUT2D eigenvalue weighted by Crippen LogP contribution is 2.48. The molecule has 0 fully saturated rings. The molecule has 0 N–H and O–H groups in total. The van der Waals surface area contributed by atoms with Crippen molar-refractivity contribution in [1.29, 1.82) is 0 Å². The van der Waals surface area contributed by atoms with Gasteiger partial charge in [0.1, 0.15) is 11.2 Å². The molecule has 9 aromatic carbocycles. The summed E-state index contributed by atoms with van der Waals surface area (Å²) in [5, 5.41) is 4.73. The summed E-state index contributed by atoms with van der Waals surface area (Å²) in [7, 11) is 0. The predicted molar refractivity (Wildman–Crippen MR) is 246 cm³/mol. The molecule has 278 valence electrons. The Kier molecular flexibility index (Phi) is 8.76. The van der Waals surface area contributed by atoms with Gasteiger partial charge in [0.2, 0.25) is 0 Å². The Hall–Kier alpha value is -7.16. The Morgan fingerprint density at radius 1 is 0.379 bits per heavy atom. The van der Waals surface area contributed by atoms with E-state index in [4.69, 9.17) is 4.42 Å². The predicted octanol–water partition coefficient (Wildman–Crippen LogP) is 16.2. The number of para-hydroxylation sites is 2. The van der Waals surface area contributed by atoms with E-state index in [0.717, 1.165) is 55.7 Å². The van der Waals surface area contributed by atoms with Crippen LogP contribution in [-0.4, -0.2) is 0 Å². The first-order valence-corrected chi connectivity index (χ1v) is 20.1. The summed E-state index contributed by atoms with van der Waals surface area (Å²) in [6.07, 6.45) is 0. The van der Waals surface area contributed by atoms with Crippen LogP contribution in [0.5, 0.6) is 0 Å². The average molecular weight is 746 g/mol. The van der Waals surface area contributed by atoms with Gasteiger partial charge in [0.05, 0.1) is 11.4 Å². The third-order valence-electron chi connectivity index (χ3n) is 11.5. The lowest BCUT2D eigenvalue weighted by Crippen LogP contribution is -2.15. The standard InChI is InChI=1S/C56H43NO/c1-56(2,3)43-31-35-52(50(37-43)40-18-8-5-9-19-40)57(44-32-28-38(29-33-44)42-30-34-48-47-23-11-13-27-53(47)58-54(48)36-42)51-26-12-10-22-46(51)49-25-15-21-41-20-14-24-45(55(41)49)39-16-6-4-7-17-39/h4-37H,1-3H3. The lowest BCUT2D eigenvalue weighted by molar-refractivity contribution is 0.590. The molecule has 0 amide bonds. The highest BCUT2D eigenvalue weighted by atomic mass is 16.3. The first-order chi connectivity index (χ1) is 28.4. The molecule has 0 atom stereocenters. The number of fused-ring (bicyclic) bond motifs is 4. The van der Waals surface area contributed by atoms with Crippen LogP contribution in [0.3, 0.4) is 0 Å². The molecule has 0 saturated heterocycles. The van der Waals surface area contributed by atoms with Crippen LogP contribution in [0.2, 0.25) is 0 Å². The van der Waals surface area contributed by atoms with Crippen LogP contribution < -0.4 is 4.90 Å². The van der Waals surface area contributed by atoms with Gasteiger partial charge in [-0.2, -0.15) is 0 Å². The van der Waals surface area contributed by atoms with Gasteiger partial charge in [-0.05, 0) is 104 Å². The molecule has 0 radical (unpaired) electrons. The molecule has 1 heterocycles. The Morgan fingerprint density at radius 2 is 0.966 bits per heavy atom. The van der Waals surface area contributed by atoms with E-state index in [0.29, 0.717) is 0 Å². The van der Waals surface area contributed by atoms with Gasteiger partial charge in [-0.15, -0.1) is 0 Å². The third-order valence-corrected chi connectivity index (χ3v) is 11.5. The summed E-state index contributed by atoms with van der Waals surface area (Å²) < 4.78 is 6.29. The fourth-order valence-electron chi connectivity index (χ4n) is 8.48. The van der Waals surface area contributed by atoms with Gasteiger partial charge in [0.25, 0.3) is 0 Å². The molecule has 58 heavy (non-hydrogen) atoms. The maximum Gasteiger partial charge on any atom is 0.136 e. The monoisotopic (exact) mass is 745 g/mol. The molecule has 0 aliphatic carbocycles. The van der Waals surface area contributed by atoms with Gasteiger partial charge in [0.15, 0.2) is 0 Å². The van der Waals surface area contributed by atoms with Gasteiger partial charge < -0.3 is 9.32 Å². The van der Waals surface area contributed by atoms with E-state index in [1.807, 2.05) is 12.1 Å². The minimum atomic E-state index is -0.0236. The van der Waals surface area contributed by atoms with Crippen molar-refractivity contribution < 1.29 is 4.42 Å². The summed E-state index contributed by atoms with van der Waals surface area (Å²) in [5.74, 6) is 0. The number of benzene rings is 9. The molecular formula is C56H43NO. The minimum Gasteiger partial charge on any atom is -0.456 e. The summed E-state index contributed by atoms with van der Waals surface area (Å²) in [4.78, 5) is 2.46. The number of anilines is 3. The van der Waals surface area contributed by atoms with Crippen LogP contribution in [0.1, 0.15) is 26.3 Å². The van der Waals surface area contributed by atoms with E-state index in [9.17, 15) is 0 Å². The average Bonchev–Trinajstić information content (AvgIpc) is 3.65. The summed E-state index contributed by atoms with van der Waals surface area (Å²) in [6, 6.07) is 74.6. The molecule has 0 saturated carbocycles. The lowest BCUT2D eigenvalue weighted by Gasteiger charge is -2.31. The molecular weight excluding hydrogens is 703 g/mol. The van der Waals surface area contributed by atoms with Crippen molar-refractivity contribution in [3.63, 3.8) is 0 Å². The molecule has 10 aromatic rings. The molecule has 2 nitrogen and oxygen atoms in total. The van der Waals surface area contributed by atoms with Crippen LogP contribution in [-0.2, 0) is 5.41 Å². The molecule has 0 bridgehead atoms. The number of nitrogens with zero attached hydrogens (tertiary/aromatic N) is 1. The molecule has 2 heteroatoms. The van der Waals surface area contributed by atoms with Gasteiger partial charge in [0, 0.05) is 27.6 Å². The normalized spacial score (nSPS) is 11.7. The summed E-state index contributed by atoms with van der Waals surface area (Å²) >= 11 is 0. The molecule has 0 unspecified atom stereocenters. The zero-order valence-electron chi connectivity index (χ0n) is 33.0. The van der Waals surface area contributed by atoms with Gasteiger partial charge >= 0.3 is 0 Å². The molecule has 0 spiro atoms. The zero-order chi connectivity index (χ0) is 39.2. The van der Waals surface area contributed by atoms with Crippen molar-refractivity contribution in [1.82, 2.24) is 0 Å². The second-order valence-electron chi connectivity index (χ2n) is 16.1. The van der Waals surface area contributed by atoms with Crippen molar-refractivity contribution in [2.24, 2.45) is 0 Å². The van der Waals surface area contributed by atoms with E-state index in [1.54, 1.807) is 0 Å². The van der Waals surface area contributed by atoms with Crippen LogP contribution in [0.15, 0.2) is 211 Å². The van der Waals surface area contributed by atoms with Crippen molar-refractivity contribution in [3.8, 4) is 44.5 Å². The Morgan fingerprint density at radius 3 is 1.71 bits per heavy atom. The topological polar surface area (TPSA) is 16.4 Å². The molecule has 10 rings (SSSR count). The van der Waals surface area contributed by atoms with E-state index < -0.39 is 0 Å². The lowest BCUT2D eigenvalue weighted by atomic mass is 9.84. The maximum atomic E-state index is 6.29. The Balaban J connectivity index is 1.19. The van der Waals surface area contributed by atoms with Gasteiger partial charge in [-0.3, -0.25) is 0 Å². The fourth-order valence-corrected chi connectivity index (χ4v) is 8.48. The Bertz CT molecular complexity index is 3070. The first-order valence-electron chi connectivity index (χ1n) is 20.1. The SMILES string of the molecule is CC(C)(C)c1ccc(N(c2ccc(-c3ccc4c(c3)oc3ccccc34)cc2)c2ccccc2-c2cccc3cccc(-c4ccccc4)c23)c(-c2ccccc2)c1. The number of hydrogen-bond donors (Lipinski definition) is 0. The van der Waals surface area contributed by atoms with E-state index in [2.05, 4.69) is 220 Å². The summed E-state index contributed by atoms with van der Waals surface area (Å²) in [5.41, 5.74) is 15.8. The smallest absolute Gasteiger partial charge is 0.136 e. The van der Waals surface area contributed by atoms with Crippen LogP contribution >= 0.6 is 0 Å². The maximum absolute atomic E-state index is 6.29. The highest BCUT2D eigenvalue weighted by molar-refractivity contribution is 6.09. The quantitative estimate of drug-likeness (QED) is 0.162. The Labute approximate surface area is 340 Å². The van der Waals surface area contributed by atoms with Crippen molar-refractivity contribution in [2.75, 3.05) is 4.90 Å². The van der Waals surface area contributed by atoms with E-state index in [1.165, 1.54) is 44.2 Å². The zero-order valence-corrected chi connectivity index (χ0v) is 33.0. The van der Waals surface area contributed by atoms with E-state index in [-0.39, 0.29) is 5.41 Å². The second-order valence-corrected chi connectivity index (χ2v) is 16.1. The van der Waals surface area contributed by atoms with Crippen molar-refractivity contribution in [2.45, 2.75) is 26.2 Å². The number of rotatable bonds is 7. The van der Waals surface area contributed by atoms with E-state index >= 15 is 0 Å². The van der Waals surface area contributed by atoms with Crippen molar-refractivity contribution >= 4 is 49.8 Å². The second kappa shape index (κ2) is 14.4. The number of furan rings is 1.